The Morgan fingerprint density at radius 1 is 1.48 bits per heavy atom. The number of benzene rings is 1. The molecular weight excluding hydrogens is 337 g/mol. The molecule has 2 unspecified atom stereocenters. The quantitative estimate of drug-likeness (QED) is 0.864. The van der Waals surface area contributed by atoms with E-state index in [1.807, 2.05) is 26.0 Å². The topological polar surface area (TPSA) is 75.4 Å². The first-order chi connectivity index (χ1) is 10.2. The van der Waals surface area contributed by atoms with Crippen molar-refractivity contribution in [3.8, 4) is 0 Å². The molecule has 2 amide bonds. The highest BCUT2D eigenvalue weighted by Crippen LogP contribution is 2.37. The van der Waals surface area contributed by atoms with E-state index in [0.717, 1.165) is 5.56 Å². The van der Waals surface area contributed by atoms with Gasteiger partial charge in [-0.3, -0.25) is 9.59 Å². The second-order valence-corrected chi connectivity index (χ2v) is 6.96. The average Bonchev–Trinajstić information content (AvgIpc) is 2.71. The third kappa shape index (κ3) is 4.83. The predicted octanol–water partition coefficient (Wildman–Crippen LogP) is 2.13. The number of nitrogens with zero attached hydrogens (tertiary/aromatic N) is 1. The van der Waals surface area contributed by atoms with Gasteiger partial charge in [-0.25, -0.2) is 0 Å². The van der Waals surface area contributed by atoms with Crippen molar-refractivity contribution in [3.05, 3.63) is 34.9 Å². The third-order valence-electron chi connectivity index (χ3n) is 3.83. The Labute approximate surface area is 148 Å². The highest BCUT2D eigenvalue weighted by atomic mass is 35.5. The molecule has 23 heavy (non-hydrogen) atoms. The van der Waals surface area contributed by atoms with Crippen LogP contribution in [0, 0.1) is 5.92 Å². The van der Waals surface area contributed by atoms with Crippen molar-refractivity contribution < 1.29 is 9.59 Å². The maximum absolute atomic E-state index is 12.5. The van der Waals surface area contributed by atoms with Crippen LogP contribution in [0.4, 0.5) is 0 Å². The second kappa shape index (κ2) is 7.51. The van der Waals surface area contributed by atoms with Gasteiger partial charge >= 0.3 is 0 Å². The molecule has 1 aliphatic heterocycles. The summed E-state index contributed by atoms with van der Waals surface area (Å²) in [6, 6.07) is 6.99. The summed E-state index contributed by atoms with van der Waals surface area (Å²) in [5.41, 5.74) is 6.27. The monoisotopic (exact) mass is 359 g/mol. The first-order valence-electron chi connectivity index (χ1n) is 7.27. The van der Waals surface area contributed by atoms with Crippen LogP contribution in [0.1, 0.15) is 31.9 Å². The molecule has 1 aromatic carbocycles. The maximum atomic E-state index is 12.5. The summed E-state index contributed by atoms with van der Waals surface area (Å²) >= 11 is 6.04. The van der Waals surface area contributed by atoms with E-state index < -0.39 is 11.5 Å². The van der Waals surface area contributed by atoms with Gasteiger partial charge < -0.3 is 16.0 Å². The number of nitrogens with one attached hydrogen (secondary N) is 1. The minimum absolute atomic E-state index is 0. The fourth-order valence-electron chi connectivity index (χ4n) is 2.70. The number of hydrogen-bond acceptors (Lipinski definition) is 3. The lowest BCUT2D eigenvalue weighted by molar-refractivity contribution is -0.128. The fourth-order valence-corrected chi connectivity index (χ4v) is 2.90. The van der Waals surface area contributed by atoms with Gasteiger partial charge in [0, 0.05) is 30.6 Å². The molecule has 128 valence electrons. The van der Waals surface area contributed by atoms with E-state index in [1.54, 1.807) is 24.1 Å². The minimum atomic E-state index is -0.490. The molecule has 5 nitrogen and oxygen atoms in total. The van der Waals surface area contributed by atoms with E-state index in [0.29, 0.717) is 11.6 Å². The number of nitrogens with two attached hydrogens (primary N) is 1. The van der Waals surface area contributed by atoms with Gasteiger partial charge in [0.05, 0.1) is 12.0 Å². The molecule has 0 saturated carbocycles. The minimum Gasteiger partial charge on any atom is -0.354 e. The van der Waals surface area contributed by atoms with Gasteiger partial charge in [0.15, 0.2) is 0 Å². The molecule has 1 aromatic rings. The van der Waals surface area contributed by atoms with Crippen molar-refractivity contribution in [2.24, 2.45) is 11.7 Å². The summed E-state index contributed by atoms with van der Waals surface area (Å²) in [6.45, 7) is 4.05. The van der Waals surface area contributed by atoms with Crippen LogP contribution in [0.3, 0.4) is 0 Å². The molecule has 0 aromatic heterocycles. The smallest absolute Gasteiger partial charge is 0.226 e. The van der Waals surface area contributed by atoms with Crippen molar-refractivity contribution in [2.45, 2.75) is 31.8 Å². The summed E-state index contributed by atoms with van der Waals surface area (Å²) < 4.78 is 0. The Morgan fingerprint density at radius 3 is 2.70 bits per heavy atom. The fraction of sp³-hybridized carbons (Fsp3) is 0.500. The number of carbonyl (C=O) groups is 2. The maximum Gasteiger partial charge on any atom is 0.226 e. The van der Waals surface area contributed by atoms with Crippen LogP contribution in [0.25, 0.3) is 0 Å². The van der Waals surface area contributed by atoms with Crippen molar-refractivity contribution in [2.75, 3.05) is 13.6 Å². The van der Waals surface area contributed by atoms with Crippen molar-refractivity contribution in [3.63, 3.8) is 0 Å². The normalized spacial score (nSPS) is 21.1. The molecule has 7 heteroatoms. The lowest BCUT2D eigenvalue weighted by Gasteiger charge is -2.26. The highest BCUT2D eigenvalue weighted by Gasteiger charge is 2.42. The van der Waals surface area contributed by atoms with Crippen LogP contribution in [-0.2, 0) is 9.59 Å². The van der Waals surface area contributed by atoms with E-state index >= 15 is 0 Å². The third-order valence-corrected chi connectivity index (χ3v) is 4.07. The van der Waals surface area contributed by atoms with Gasteiger partial charge in [-0.15, -0.1) is 12.4 Å². The van der Waals surface area contributed by atoms with Gasteiger partial charge in [-0.1, -0.05) is 23.7 Å². The molecule has 2 rings (SSSR count). The van der Waals surface area contributed by atoms with Crippen molar-refractivity contribution in [1.29, 1.82) is 0 Å². The summed E-state index contributed by atoms with van der Waals surface area (Å²) in [6.07, 6.45) is 0.199. The van der Waals surface area contributed by atoms with Gasteiger partial charge in [0.25, 0.3) is 0 Å². The molecular formula is C16H23Cl2N3O2. The first kappa shape index (κ1) is 19.7. The first-order valence-corrected chi connectivity index (χ1v) is 7.64. The summed E-state index contributed by atoms with van der Waals surface area (Å²) in [7, 11) is 1.72. The zero-order valence-electron chi connectivity index (χ0n) is 13.5. The molecule has 0 spiro atoms. The Hall–Kier alpha value is -1.30. The van der Waals surface area contributed by atoms with E-state index in [2.05, 4.69) is 5.32 Å². The van der Waals surface area contributed by atoms with E-state index in [4.69, 9.17) is 17.3 Å². The number of halogens is 2. The van der Waals surface area contributed by atoms with E-state index in [-0.39, 0.29) is 36.7 Å². The number of amides is 2. The Morgan fingerprint density at radius 2 is 2.13 bits per heavy atom. The van der Waals surface area contributed by atoms with Gasteiger partial charge in [-0.05, 0) is 31.5 Å². The second-order valence-electron chi connectivity index (χ2n) is 6.52. The molecule has 0 radical (unpaired) electrons. The Kier molecular flexibility index (Phi) is 6.45. The van der Waals surface area contributed by atoms with Crippen LogP contribution in [0.2, 0.25) is 5.02 Å². The SMILES string of the molecule is CN1C(=O)CC(C(=O)NCC(C)(C)N)C1c1cccc(Cl)c1.Cl. The number of rotatable bonds is 4. The number of hydrogen-bond donors (Lipinski definition) is 2. The molecule has 0 aliphatic carbocycles. The molecule has 0 bridgehead atoms. The summed E-state index contributed by atoms with van der Waals surface area (Å²) in [4.78, 5) is 26.1. The molecule has 1 fully saturated rings. The Balaban J connectivity index is 0.00000264. The standard InChI is InChI=1S/C16H22ClN3O2.ClH/c1-16(2,18)9-19-15(22)12-8-13(21)20(3)14(12)10-5-4-6-11(17)7-10;/h4-7,12,14H,8-9,18H2,1-3H3,(H,19,22);1H. The molecule has 3 N–H and O–H groups in total. The van der Waals surface area contributed by atoms with Crippen molar-refractivity contribution >= 4 is 35.8 Å². The summed E-state index contributed by atoms with van der Waals surface area (Å²) in [5, 5.41) is 3.43. The van der Waals surface area contributed by atoms with Crippen molar-refractivity contribution in [1.82, 2.24) is 10.2 Å². The van der Waals surface area contributed by atoms with Crippen LogP contribution in [0.5, 0.6) is 0 Å². The zero-order chi connectivity index (χ0) is 16.5. The number of carbonyl (C=O) groups excluding carboxylic acids is 2. The molecule has 1 heterocycles. The van der Waals surface area contributed by atoms with Crippen LogP contribution >= 0.6 is 24.0 Å². The van der Waals surface area contributed by atoms with Gasteiger partial charge in [-0.2, -0.15) is 0 Å². The molecule has 1 saturated heterocycles. The highest BCUT2D eigenvalue weighted by molar-refractivity contribution is 6.30. The summed E-state index contributed by atoms with van der Waals surface area (Å²) in [5.74, 6) is -0.628. The molecule has 1 aliphatic rings. The van der Waals surface area contributed by atoms with E-state index in [9.17, 15) is 9.59 Å². The van der Waals surface area contributed by atoms with Crippen LogP contribution in [0.15, 0.2) is 24.3 Å². The average molecular weight is 360 g/mol. The van der Waals surface area contributed by atoms with Gasteiger partial charge in [0.1, 0.15) is 0 Å². The Bertz CT molecular complexity index is 587. The van der Waals surface area contributed by atoms with Gasteiger partial charge in [0.2, 0.25) is 11.8 Å². The van der Waals surface area contributed by atoms with Crippen LogP contribution in [-0.4, -0.2) is 35.8 Å². The van der Waals surface area contributed by atoms with Crippen LogP contribution < -0.4 is 11.1 Å². The molecule has 2 atom stereocenters. The zero-order valence-corrected chi connectivity index (χ0v) is 15.1. The number of likely N-dealkylation sites (tertiary alicyclic amines) is 1. The lowest BCUT2D eigenvalue weighted by atomic mass is 9.92. The lowest BCUT2D eigenvalue weighted by Crippen LogP contribution is -2.47. The predicted molar refractivity (Wildman–Crippen MR) is 93.6 cm³/mol. The van der Waals surface area contributed by atoms with E-state index in [1.165, 1.54) is 0 Å². The largest absolute Gasteiger partial charge is 0.354 e.